The number of nitrogens with zero attached hydrogens (tertiary/aromatic N) is 1. The van der Waals surface area contributed by atoms with Gasteiger partial charge in [-0.25, -0.2) is 4.98 Å². The van der Waals surface area contributed by atoms with Gasteiger partial charge in [0.15, 0.2) is 0 Å². The van der Waals surface area contributed by atoms with Crippen molar-refractivity contribution in [3.8, 4) is 17.0 Å². The number of amides is 1. The summed E-state index contributed by atoms with van der Waals surface area (Å²) in [6.45, 7) is 2.53. The lowest BCUT2D eigenvalue weighted by Crippen LogP contribution is -2.23. The minimum Gasteiger partial charge on any atom is -0.496 e. The molecule has 134 valence electrons. The van der Waals surface area contributed by atoms with E-state index >= 15 is 0 Å². The van der Waals surface area contributed by atoms with Crippen LogP contribution in [0.15, 0.2) is 53.9 Å². The number of carbonyl (C=O) groups excluding carboxylic acids is 1. The summed E-state index contributed by atoms with van der Waals surface area (Å²) in [5, 5.41) is 6.10. The average Bonchev–Trinajstić information content (AvgIpc) is 3.11. The molecule has 1 heterocycles. The van der Waals surface area contributed by atoms with Crippen molar-refractivity contribution in [1.29, 1.82) is 0 Å². The third kappa shape index (κ3) is 4.70. The van der Waals surface area contributed by atoms with E-state index in [1.807, 2.05) is 55.5 Å². The van der Waals surface area contributed by atoms with E-state index in [-0.39, 0.29) is 5.91 Å². The van der Waals surface area contributed by atoms with Gasteiger partial charge in [-0.1, -0.05) is 42.5 Å². The maximum Gasteiger partial charge on any atom is 0.220 e. The van der Waals surface area contributed by atoms with Crippen LogP contribution in [0.2, 0.25) is 0 Å². The van der Waals surface area contributed by atoms with E-state index in [1.165, 1.54) is 0 Å². The van der Waals surface area contributed by atoms with Gasteiger partial charge in [0, 0.05) is 23.9 Å². The first-order valence-corrected chi connectivity index (χ1v) is 9.43. The Morgan fingerprint density at radius 1 is 1.15 bits per heavy atom. The molecule has 5 heteroatoms. The predicted octanol–water partition coefficient (Wildman–Crippen LogP) is 4.38. The van der Waals surface area contributed by atoms with E-state index in [9.17, 15) is 4.79 Å². The highest BCUT2D eigenvalue weighted by Crippen LogP contribution is 2.22. The standard InChI is InChI=1S/C21H22N2O2S/c1-15-23-19(14-26-15)17-9-7-16(8-10-17)13-22-21(24)12-11-18-5-3-4-6-20(18)25-2/h3-10,14H,11-13H2,1-2H3,(H,22,24). The minimum absolute atomic E-state index is 0.0371. The number of ether oxygens (including phenoxy) is 1. The van der Waals surface area contributed by atoms with Gasteiger partial charge >= 0.3 is 0 Å². The van der Waals surface area contributed by atoms with Crippen LogP contribution < -0.4 is 10.1 Å². The van der Waals surface area contributed by atoms with Crippen LogP contribution in [0, 0.1) is 6.92 Å². The molecule has 0 saturated heterocycles. The highest BCUT2D eigenvalue weighted by molar-refractivity contribution is 7.09. The third-order valence-electron chi connectivity index (χ3n) is 4.17. The Kier molecular flexibility index (Phi) is 6.02. The Balaban J connectivity index is 1.50. The molecule has 0 radical (unpaired) electrons. The van der Waals surface area contributed by atoms with Gasteiger partial charge in [0.1, 0.15) is 5.75 Å². The summed E-state index contributed by atoms with van der Waals surface area (Å²) in [6.07, 6.45) is 1.11. The lowest BCUT2D eigenvalue weighted by Gasteiger charge is -2.09. The van der Waals surface area contributed by atoms with E-state index < -0.39 is 0 Å². The molecule has 0 fully saturated rings. The van der Waals surface area contributed by atoms with Crippen LogP contribution in [0.5, 0.6) is 5.75 Å². The Labute approximate surface area is 157 Å². The van der Waals surface area contributed by atoms with E-state index in [0.717, 1.165) is 33.1 Å². The van der Waals surface area contributed by atoms with Crippen molar-refractivity contribution in [2.24, 2.45) is 0 Å². The summed E-state index contributed by atoms with van der Waals surface area (Å²) >= 11 is 1.65. The molecule has 4 nitrogen and oxygen atoms in total. The van der Waals surface area contributed by atoms with E-state index in [0.29, 0.717) is 19.4 Å². The lowest BCUT2D eigenvalue weighted by atomic mass is 10.1. The number of rotatable bonds is 7. The molecule has 0 aliphatic rings. The number of carbonyl (C=O) groups is 1. The molecule has 0 unspecified atom stereocenters. The van der Waals surface area contributed by atoms with Crippen LogP contribution in [0.1, 0.15) is 22.6 Å². The Hall–Kier alpha value is -2.66. The summed E-state index contributed by atoms with van der Waals surface area (Å²) in [5.41, 5.74) is 4.22. The van der Waals surface area contributed by atoms with Crippen LogP contribution in [0.4, 0.5) is 0 Å². The molecule has 0 saturated carbocycles. The second kappa shape index (κ2) is 8.63. The number of aryl methyl sites for hydroxylation is 2. The van der Waals surface area contributed by atoms with E-state index in [1.54, 1.807) is 18.4 Å². The molecule has 1 amide bonds. The Bertz CT molecular complexity index is 872. The van der Waals surface area contributed by atoms with Gasteiger partial charge < -0.3 is 10.1 Å². The average molecular weight is 366 g/mol. The monoisotopic (exact) mass is 366 g/mol. The fourth-order valence-electron chi connectivity index (χ4n) is 2.74. The van der Waals surface area contributed by atoms with E-state index in [4.69, 9.17) is 4.74 Å². The molecule has 0 bridgehead atoms. The molecule has 2 aromatic carbocycles. The molecule has 1 aromatic heterocycles. The summed E-state index contributed by atoms with van der Waals surface area (Å²) in [5.74, 6) is 0.864. The molecule has 3 aromatic rings. The predicted molar refractivity (Wildman–Crippen MR) is 105 cm³/mol. The summed E-state index contributed by atoms with van der Waals surface area (Å²) in [6, 6.07) is 16.0. The van der Waals surface area contributed by atoms with Crippen molar-refractivity contribution in [1.82, 2.24) is 10.3 Å². The summed E-state index contributed by atoms with van der Waals surface area (Å²) in [4.78, 5) is 16.6. The first-order valence-electron chi connectivity index (χ1n) is 8.56. The Morgan fingerprint density at radius 2 is 1.92 bits per heavy atom. The van der Waals surface area contributed by atoms with Gasteiger partial charge in [-0.2, -0.15) is 0 Å². The van der Waals surface area contributed by atoms with Crippen molar-refractivity contribution in [3.05, 3.63) is 70.0 Å². The van der Waals surface area contributed by atoms with Gasteiger partial charge in [0.25, 0.3) is 0 Å². The van der Waals surface area contributed by atoms with E-state index in [2.05, 4.69) is 15.7 Å². The zero-order valence-corrected chi connectivity index (χ0v) is 15.8. The first kappa shape index (κ1) is 18.1. The first-order chi connectivity index (χ1) is 12.7. The summed E-state index contributed by atoms with van der Waals surface area (Å²) in [7, 11) is 1.65. The van der Waals surface area contributed by atoms with Crippen molar-refractivity contribution in [2.45, 2.75) is 26.3 Å². The fourth-order valence-corrected chi connectivity index (χ4v) is 3.36. The Morgan fingerprint density at radius 3 is 2.62 bits per heavy atom. The van der Waals surface area contributed by atoms with Crippen molar-refractivity contribution in [3.63, 3.8) is 0 Å². The third-order valence-corrected chi connectivity index (χ3v) is 4.95. The fraction of sp³-hybridized carbons (Fsp3) is 0.238. The van der Waals surface area contributed by atoms with Gasteiger partial charge in [-0.05, 0) is 30.5 Å². The number of aromatic nitrogens is 1. The van der Waals surface area contributed by atoms with Crippen molar-refractivity contribution < 1.29 is 9.53 Å². The quantitative estimate of drug-likeness (QED) is 0.675. The molecule has 0 aliphatic heterocycles. The molecular formula is C21H22N2O2S. The number of nitrogens with one attached hydrogen (secondary N) is 1. The van der Waals surface area contributed by atoms with Crippen LogP contribution in [0.25, 0.3) is 11.3 Å². The highest BCUT2D eigenvalue weighted by Gasteiger charge is 2.07. The van der Waals surface area contributed by atoms with Crippen LogP contribution in [-0.4, -0.2) is 18.0 Å². The zero-order chi connectivity index (χ0) is 18.4. The molecule has 0 atom stereocenters. The van der Waals surface area contributed by atoms with Gasteiger partial charge in [-0.3, -0.25) is 4.79 Å². The smallest absolute Gasteiger partial charge is 0.220 e. The van der Waals surface area contributed by atoms with Crippen LogP contribution >= 0.6 is 11.3 Å². The second-order valence-electron chi connectivity index (χ2n) is 6.04. The number of para-hydroxylation sites is 1. The summed E-state index contributed by atoms with van der Waals surface area (Å²) < 4.78 is 5.32. The second-order valence-corrected chi connectivity index (χ2v) is 7.10. The SMILES string of the molecule is COc1ccccc1CCC(=O)NCc1ccc(-c2csc(C)n2)cc1. The topological polar surface area (TPSA) is 51.2 Å². The number of hydrogen-bond acceptors (Lipinski definition) is 4. The van der Waals surface area contributed by atoms with Crippen LogP contribution in [0.3, 0.4) is 0 Å². The number of thiazole rings is 1. The maximum absolute atomic E-state index is 12.1. The molecule has 0 aliphatic carbocycles. The molecular weight excluding hydrogens is 344 g/mol. The number of hydrogen-bond donors (Lipinski definition) is 1. The van der Waals surface area contributed by atoms with Crippen molar-refractivity contribution in [2.75, 3.05) is 7.11 Å². The molecule has 26 heavy (non-hydrogen) atoms. The van der Waals surface area contributed by atoms with Crippen LogP contribution in [-0.2, 0) is 17.8 Å². The normalized spacial score (nSPS) is 10.5. The van der Waals surface area contributed by atoms with Gasteiger partial charge in [0.2, 0.25) is 5.91 Å². The lowest BCUT2D eigenvalue weighted by molar-refractivity contribution is -0.121. The molecule has 1 N–H and O–H groups in total. The van der Waals surface area contributed by atoms with Crippen molar-refractivity contribution >= 4 is 17.2 Å². The molecule has 3 rings (SSSR count). The zero-order valence-electron chi connectivity index (χ0n) is 15.0. The van der Waals surface area contributed by atoms with Gasteiger partial charge in [-0.15, -0.1) is 11.3 Å². The number of methoxy groups -OCH3 is 1. The van der Waals surface area contributed by atoms with Gasteiger partial charge in [0.05, 0.1) is 17.8 Å². The number of benzene rings is 2. The minimum atomic E-state index is 0.0371. The maximum atomic E-state index is 12.1. The largest absolute Gasteiger partial charge is 0.496 e. The molecule has 0 spiro atoms. The highest BCUT2D eigenvalue weighted by atomic mass is 32.1.